The summed E-state index contributed by atoms with van der Waals surface area (Å²) in [5.41, 5.74) is 0.108. The molecule has 0 fully saturated rings. The van der Waals surface area contributed by atoms with Gasteiger partial charge in [-0.3, -0.25) is 4.79 Å². The van der Waals surface area contributed by atoms with Crippen LogP contribution in [0.4, 0.5) is 0 Å². The maximum atomic E-state index is 12.6. The Morgan fingerprint density at radius 1 is 0.958 bits per heavy atom. The van der Waals surface area contributed by atoms with Crippen LogP contribution in [0.25, 0.3) is 0 Å². The molecule has 2 rings (SSSR count). The summed E-state index contributed by atoms with van der Waals surface area (Å²) in [5.74, 6) is 1.60. The Bertz CT molecular complexity index is 695. The normalized spacial score (nSPS) is 10.4. The van der Waals surface area contributed by atoms with Gasteiger partial charge < -0.3 is 14.2 Å². The van der Waals surface area contributed by atoms with Gasteiger partial charge in [-0.1, -0.05) is 29.3 Å². The van der Waals surface area contributed by atoms with E-state index in [4.69, 9.17) is 37.4 Å². The number of carbonyl (C=O) groups excluding carboxylic acids is 1. The third-order valence-electron chi connectivity index (χ3n) is 3.14. The Morgan fingerprint density at radius 3 is 1.88 bits per heavy atom. The predicted octanol–water partition coefficient (Wildman–Crippen LogP) is 3.51. The van der Waals surface area contributed by atoms with E-state index in [1.165, 1.54) is 14.2 Å². The third kappa shape index (κ3) is 4.60. The van der Waals surface area contributed by atoms with Crippen LogP contribution in [0.1, 0.15) is 10.4 Å². The van der Waals surface area contributed by atoms with Crippen LogP contribution in [-0.4, -0.2) is 45.7 Å². The van der Waals surface area contributed by atoms with Crippen LogP contribution < -0.4 is 19.5 Å². The van der Waals surface area contributed by atoms with E-state index in [0.29, 0.717) is 38.2 Å². The topological polar surface area (TPSA) is 44.8 Å². The van der Waals surface area contributed by atoms with E-state index in [9.17, 15) is 4.79 Å². The summed E-state index contributed by atoms with van der Waals surface area (Å²) in [5, 5.41) is 1.28. The van der Waals surface area contributed by atoms with Crippen molar-refractivity contribution in [3.05, 3.63) is 45.9 Å². The summed E-state index contributed by atoms with van der Waals surface area (Å²) in [6.07, 6.45) is 0. The zero-order chi connectivity index (χ0) is 17.0. The van der Waals surface area contributed by atoms with Gasteiger partial charge in [0.25, 0.3) is 0 Å². The van der Waals surface area contributed by atoms with Crippen molar-refractivity contribution >= 4 is 61.5 Å². The number of methoxy groups -OCH3 is 3. The Hall–Kier alpha value is -0.883. The molecule has 24 heavy (non-hydrogen) atoms. The Kier molecular flexibility index (Phi) is 8.43. The van der Waals surface area contributed by atoms with Gasteiger partial charge in [0.1, 0.15) is 17.2 Å². The van der Waals surface area contributed by atoms with Crippen molar-refractivity contribution in [3.63, 3.8) is 0 Å². The fourth-order valence-electron chi connectivity index (χ4n) is 2.02. The van der Waals surface area contributed by atoms with Crippen LogP contribution in [0, 0.1) is 0 Å². The molecule has 0 N–H and O–H groups in total. The summed E-state index contributed by atoms with van der Waals surface area (Å²) >= 11 is 12.2. The number of benzene rings is 2. The van der Waals surface area contributed by atoms with Crippen molar-refractivity contribution in [1.82, 2.24) is 0 Å². The Labute approximate surface area is 164 Å². The van der Waals surface area contributed by atoms with Crippen LogP contribution >= 0.6 is 31.8 Å². The maximum absolute atomic E-state index is 12.6. The summed E-state index contributed by atoms with van der Waals surface area (Å²) in [6, 6.07) is 8.36. The molecule has 0 spiro atoms. The third-order valence-corrected chi connectivity index (χ3v) is 4.99. The van der Waals surface area contributed by atoms with E-state index in [0.717, 1.165) is 0 Å². The van der Waals surface area contributed by atoms with Gasteiger partial charge in [-0.25, -0.2) is 0 Å². The molecular weight excluding hydrogens is 365 g/mol. The SMILES string of the molecule is COc1cc(OC)c(PC(=O)c2c(Cl)cccc2Cl)c(OC)c1.[LiH]. The molecule has 0 saturated heterocycles. The molecule has 4 nitrogen and oxygen atoms in total. The molecule has 1 atom stereocenters. The number of rotatable bonds is 6. The molecular formula is C16H16Cl2LiO4P. The molecule has 0 heterocycles. The summed E-state index contributed by atoms with van der Waals surface area (Å²) in [6.45, 7) is 0. The molecule has 0 amide bonds. The zero-order valence-corrected chi connectivity index (χ0v) is 15.3. The van der Waals surface area contributed by atoms with Crippen molar-refractivity contribution in [1.29, 1.82) is 0 Å². The fraction of sp³-hybridized carbons (Fsp3) is 0.188. The number of ether oxygens (including phenoxy) is 3. The summed E-state index contributed by atoms with van der Waals surface area (Å²) < 4.78 is 15.9. The van der Waals surface area contributed by atoms with Crippen LogP contribution in [0.5, 0.6) is 17.2 Å². The minimum absolute atomic E-state index is 0. The number of carbonyl (C=O) groups is 1. The molecule has 0 aromatic heterocycles. The van der Waals surface area contributed by atoms with Gasteiger partial charge >= 0.3 is 18.9 Å². The average molecular weight is 381 g/mol. The standard InChI is InChI=1S/C16H15Cl2O4P.Li.H/c1-20-9-7-12(21-2)15(13(8-9)22-3)23-16(19)14-10(17)5-4-6-11(14)18;;/h4-8,23H,1-3H3;;. The molecule has 8 heteroatoms. The van der Waals surface area contributed by atoms with Crippen LogP contribution in [-0.2, 0) is 0 Å². The monoisotopic (exact) mass is 380 g/mol. The minimum atomic E-state index is -0.256. The molecule has 0 aliphatic rings. The van der Waals surface area contributed by atoms with Crippen molar-refractivity contribution in [3.8, 4) is 17.2 Å². The molecule has 0 radical (unpaired) electrons. The van der Waals surface area contributed by atoms with E-state index < -0.39 is 0 Å². The second-order valence-corrected chi connectivity index (χ2v) is 6.48. The summed E-state index contributed by atoms with van der Waals surface area (Å²) in [7, 11) is 4.34. The molecule has 0 aliphatic heterocycles. The zero-order valence-electron chi connectivity index (χ0n) is 12.8. The van der Waals surface area contributed by atoms with Crippen LogP contribution in [0.2, 0.25) is 10.0 Å². The first kappa shape index (κ1) is 21.2. The molecule has 0 aliphatic carbocycles. The number of hydrogen-bond donors (Lipinski definition) is 0. The average Bonchev–Trinajstić information content (AvgIpc) is 2.54. The second-order valence-electron chi connectivity index (χ2n) is 4.46. The van der Waals surface area contributed by atoms with Gasteiger partial charge in [0, 0.05) is 12.1 Å². The van der Waals surface area contributed by atoms with Gasteiger partial charge in [-0.15, -0.1) is 0 Å². The molecule has 1 unspecified atom stereocenters. The van der Waals surface area contributed by atoms with Crippen molar-refractivity contribution in [2.75, 3.05) is 21.3 Å². The van der Waals surface area contributed by atoms with Gasteiger partial charge in [0.15, 0.2) is 5.52 Å². The number of halogens is 2. The van der Waals surface area contributed by atoms with E-state index in [1.54, 1.807) is 37.4 Å². The van der Waals surface area contributed by atoms with Crippen molar-refractivity contribution in [2.24, 2.45) is 0 Å². The van der Waals surface area contributed by atoms with Crippen LogP contribution in [0.3, 0.4) is 0 Å². The molecule has 124 valence electrons. The molecule has 0 bridgehead atoms. The molecule has 2 aromatic carbocycles. The Morgan fingerprint density at radius 2 is 1.46 bits per heavy atom. The number of hydrogen-bond acceptors (Lipinski definition) is 4. The van der Waals surface area contributed by atoms with Gasteiger partial charge in [-0.2, -0.15) is 0 Å². The van der Waals surface area contributed by atoms with Gasteiger partial charge in [0.05, 0.1) is 42.2 Å². The van der Waals surface area contributed by atoms with E-state index in [-0.39, 0.29) is 33.0 Å². The summed E-state index contributed by atoms with van der Waals surface area (Å²) in [4.78, 5) is 12.6. The second kappa shape index (κ2) is 9.56. The molecule has 2 aromatic rings. The quantitative estimate of drug-likeness (QED) is 0.568. The first-order valence-electron chi connectivity index (χ1n) is 6.57. The fourth-order valence-corrected chi connectivity index (χ4v) is 3.96. The first-order valence-corrected chi connectivity index (χ1v) is 8.32. The molecule has 0 saturated carbocycles. The van der Waals surface area contributed by atoms with E-state index in [1.807, 2.05) is 0 Å². The van der Waals surface area contributed by atoms with E-state index in [2.05, 4.69) is 0 Å². The van der Waals surface area contributed by atoms with Gasteiger partial charge in [-0.05, 0) is 20.7 Å². The Balaban J connectivity index is 0.00000288. The van der Waals surface area contributed by atoms with Crippen molar-refractivity contribution < 1.29 is 19.0 Å². The first-order chi connectivity index (χ1) is 11.0. The van der Waals surface area contributed by atoms with Crippen molar-refractivity contribution in [2.45, 2.75) is 0 Å². The van der Waals surface area contributed by atoms with E-state index >= 15 is 0 Å². The van der Waals surface area contributed by atoms with Crippen LogP contribution in [0.15, 0.2) is 30.3 Å². The van der Waals surface area contributed by atoms with Gasteiger partial charge in [0.2, 0.25) is 0 Å². The predicted molar refractivity (Wildman–Crippen MR) is 102 cm³/mol.